The van der Waals surface area contributed by atoms with Crippen LogP contribution in [0.2, 0.25) is 0 Å². The smallest absolute Gasteiger partial charge is 0.148 e. The maximum Gasteiger partial charge on any atom is 0.148 e. The molecule has 88 valence electrons. The Morgan fingerprint density at radius 1 is 1.24 bits per heavy atom. The van der Waals surface area contributed by atoms with E-state index >= 15 is 0 Å². The van der Waals surface area contributed by atoms with E-state index in [1.165, 1.54) is 5.69 Å². The molecule has 2 heterocycles. The van der Waals surface area contributed by atoms with Crippen LogP contribution < -0.4 is 10.5 Å². The molecule has 0 fully saturated rings. The van der Waals surface area contributed by atoms with Crippen LogP contribution in [0.1, 0.15) is 19.0 Å². The summed E-state index contributed by atoms with van der Waals surface area (Å²) in [6, 6.07) is 12.3. The molecule has 0 saturated heterocycles. The summed E-state index contributed by atoms with van der Waals surface area (Å²) in [6.45, 7) is 2.71. The van der Waals surface area contributed by atoms with E-state index < -0.39 is 0 Å². The standard InChI is InChI=1S/C14H16N2O/c1-14(8-9-15)13-7-4-10-16(13)11-5-2-3-6-12(11)17-14/h2-7,10H,8-9,15H2,1H3. The Bertz CT molecular complexity index is 547. The molecule has 0 bridgehead atoms. The lowest BCUT2D eigenvalue weighted by Crippen LogP contribution is -2.37. The van der Waals surface area contributed by atoms with E-state index in [2.05, 4.69) is 35.9 Å². The van der Waals surface area contributed by atoms with Gasteiger partial charge in [0.15, 0.2) is 0 Å². The Morgan fingerprint density at radius 3 is 2.88 bits per heavy atom. The lowest BCUT2D eigenvalue weighted by molar-refractivity contribution is 0.0647. The first-order valence-electron chi connectivity index (χ1n) is 5.91. The van der Waals surface area contributed by atoms with Gasteiger partial charge in [0.25, 0.3) is 0 Å². The Balaban J connectivity index is 2.19. The Morgan fingerprint density at radius 2 is 2.06 bits per heavy atom. The number of fused-ring (bicyclic) bond motifs is 3. The van der Waals surface area contributed by atoms with Gasteiger partial charge in [0.05, 0.1) is 11.4 Å². The summed E-state index contributed by atoms with van der Waals surface area (Å²) in [5.41, 5.74) is 7.64. The molecule has 17 heavy (non-hydrogen) atoms. The van der Waals surface area contributed by atoms with Crippen molar-refractivity contribution in [2.45, 2.75) is 18.9 Å². The number of ether oxygens (including phenoxy) is 1. The van der Waals surface area contributed by atoms with Crippen LogP contribution in [0.4, 0.5) is 0 Å². The van der Waals surface area contributed by atoms with Gasteiger partial charge in [-0.2, -0.15) is 0 Å². The molecule has 1 aromatic carbocycles. The van der Waals surface area contributed by atoms with Crippen molar-refractivity contribution in [3.8, 4) is 11.4 Å². The Hall–Kier alpha value is -1.74. The van der Waals surface area contributed by atoms with Crippen molar-refractivity contribution < 1.29 is 4.74 Å². The van der Waals surface area contributed by atoms with Gasteiger partial charge >= 0.3 is 0 Å². The summed E-state index contributed by atoms with van der Waals surface area (Å²) in [5.74, 6) is 0.923. The van der Waals surface area contributed by atoms with Crippen molar-refractivity contribution in [1.29, 1.82) is 0 Å². The van der Waals surface area contributed by atoms with Crippen LogP contribution in [0.25, 0.3) is 5.69 Å². The molecular formula is C14H16N2O. The maximum absolute atomic E-state index is 6.14. The first kappa shape index (κ1) is 10.4. The molecule has 0 aliphatic carbocycles. The molecule has 0 spiro atoms. The van der Waals surface area contributed by atoms with E-state index in [9.17, 15) is 0 Å². The van der Waals surface area contributed by atoms with Gasteiger partial charge in [-0.15, -0.1) is 0 Å². The molecule has 2 aromatic rings. The second kappa shape index (κ2) is 3.64. The molecule has 0 saturated carbocycles. The monoisotopic (exact) mass is 228 g/mol. The lowest BCUT2D eigenvalue weighted by atomic mass is 9.95. The summed E-state index contributed by atoms with van der Waals surface area (Å²) >= 11 is 0. The van der Waals surface area contributed by atoms with Crippen LogP contribution in [0, 0.1) is 0 Å². The average molecular weight is 228 g/mol. The van der Waals surface area contributed by atoms with Gasteiger partial charge in [-0.25, -0.2) is 0 Å². The third kappa shape index (κ3) is 1.46. The van der Waals surface area contributed by atoms with E-state index in [0.29, 0.717) is 6.54 Å². The minimum atomic E-state index is -0.327. The highest BCUT2D eigenvalue weighted by atomic mass is 16.5. The van der Waals surface area contributed by atoms with E-state index in [1.54, 1.807) is 0 Å². The predicted octanol–water partition coefficient (Wildman–Crippen LogP) is 2.43. The predicted molar refractivity (Wildman–Crippen MR) is 67.4 cm³/mol. The van der Waals surface area contributed by atoms with Crippen LogP contribution in [0.15, 0.2) is 42.6 Å². The van der Waals surface area contributed by atoms with Crippen molar-refractivity contribution >= 4 is 0 Å². The molecule has 1 unspecified atom stereocenters. The van der Waals surface area contributed by atoms with Crippen LogP contribution in [-0.2, 0) is 5.60 Å². The third-order valence-electron chi connectivity index (χ3n) is 3.37. The van der Waals surface area contributed by atoms with Crippen molar-refractivity contribution in [2.75, 3.05) is 6.54 Å². The summed E-state index contributed by atoms with van der Waals surface area (Å²) in [4.78, 5) is 0. The third-order valence-corrected chi connectivity index (χ3v) is 3.37. The highest BCUT2D eigenvalue weighted by Gasteiger charge is 2.35. The van der Waals surface area contributed by atoms with Crippen molar-refractivity contribution in [3.63, 3.8) is 0 Å². The highest BCUT2D eigenvalue weighted by Crippen LogP contribution is 2.40. The minimum absolute atomic E-state index is 0.327. The fourth-order valence-corrected chi connectivity index (χ4v) is 2.51. The summed E-state index contributed by atoms with van der Waals surface area (Å²) in [7, 11) is 0. The largest absolute Gasteiger partial charge is 0.479 e. The Labute approximate surface area is 101 Å². The van der Waals surface area contributed by atoms with Gasteiger partial charge in [0, 0.05) is 12.6 Å². The fraction of sp³-hybridized carbons (Fsp3) is 0.286. The molecule has 0 radical (unpaired) electrons. The van der Waals surface area contributed by atoms with Crippen LogP contribution in [-0.4, -0.2) is 11.1 Å². The zero-order chi connectivity index (χ0) is 11.9. The molecule has 3 heteroatoms. The summed E-state index contributed by atoms with van der Waals surface area (Å²) in [6.07, 6.45) is 2.89. The van der Waals surface area contributed by atoms with E-state index in [-0.39, 0.29) is 5.60 Å². The van der Waals surface area contributed by atoms with Gasteiger partial charge in [-0.05, 0) is 37.7 Å². The topological polar surface area (TPSA) is 40.2 Å². The van der Waals surface area contributed by atoms with Gasteiger partial charge in [0.1, 0.15) is 11.4 Å². The van der Waals surface area contributed by atoms with Gasteiger partial charge in [0.2, 0.25) is 0 Å². The van der Waals surface area contributed by atoms with Gasteiger partial charge in [-0.1, -0.05) is 12.1 Å². The quantitative estimate of drug-likeness (QED) is 0.857. The highest BCUT2D eigenvalue weighted by molar-refractivity contribution is 5.51. The summed E-state index contributed by atoms with van der Waals surface area (Å²) in [5, 5.41) is 0. The van der Waals surface area contributed by atoms with Crippen LogP contribution in [0.3, 0.4) is 0 Å². The molecule has 0 amide bonds. The average Bonchev–Trinajstić information content (AvgIpc) is 2.79. The molecule has 3 nitrogen and oxygen atoms in total. The lowest BCUT2D eigenvalue weighted by Gasteiger charge is -2.36. The number of hydrogen-bond donors (Lipinski definition) is 1. The van der Waals surface area contributed by atoms with E-state index in [1.807, 2.05) is 18.2 Å². The number of hydrogen-bond acceptors (Lipinski definition) is 2. The number of aromatic nitrogens is 1. The van der Waals surface area contributed by atoms with Crippen molar-refractivity contribution in [3.05, 3.63) is 48.3 Å². The molecule has 1 atom stereocenters. The summed E-state index contributed by atoms with van der Waals surface area (Å²) < 4.78 is 8.33. The molecule has 2 N–H and O–H groups in total. The number of rotatable bonds is 2. The number of nitrogens with two attached hydrogens (primary N) is 1. The second-order valence-electron chi connectivity index (χ2n) is 4.60. The van der Waals surface area contributed by atoms with Crippen LogP contribution in [0.5, 0.6) is 5.75 Å². The first-order valence-corrected chi connectivity index (χ1v) is 5.91. The van der Waals surface area contributed by atoms with Crippen molar-refractivity contribution in [1.82, 2.24) is 4.57 Å². The minimum Gasteiger partial charge on any atom is -0.479 e. The molecule has 1 aliphatic rings. The van der Waals surface area contributed by atoms with Crippen molar-refractivity contribution in [2.24, 2.45) is 5.73 Å². The molecule has 1 aliphatic heterocycles. The maximum atomic E-state index is 6.14. The fourth-order valence-electron chi connectivity index (χ4n) is 2.51. The van der Waals surface area contributed by atoms with Crippen LogP contribution >= 0.6 is 0 Å². The number of para-hydroxylation sites is 2. The Kier molecular flexibility index (Phi) is 2.23. The van der Waals surface area contributed by atoms with E-state index in [0.717, 1.165) is 17.9 Å². The zero-order valence-electron chi connectivity index (χ0n) is 9.89. The zero-order valence-corrected chi connectivity index (χ0v) is 9.89. The van der Waals surface area contributed by atoms with Gasteiger partial charge in [-0.3, -0.25) is 0 Å². The number of nitrogens with zero attached hydrogens (tertiary/aromatic N) is 1. The number of benzene rings is 1. The molecular weight excluding hydrogens is 212 g/mol. The second-order valence-corrected chi connectivity index (χ2v) is 4.60. The SMILES string of the molecule is CC1(CCN)Oc2ccccc2-n2cccc21. The molecule has 3 rings (SSSR count). The normalized spacial score (nSPS) is 21.5. The first-order chi connectivity index (χ1) is 8.24. The molecule has 1 aromatic heterocycles. The van der Waals surface area contributed by atoms with Gasteiger partial charge < -0.3 is 15.0 Å². The van der Waals surface area contributed by atoms with E-state index in [4.69, 9.17) is 10.5 Å².